The van der Waals surface area contributed by atoms with E-state index in [0.717, 1.165) is 0 Å². The van der Waals surface area contributed by atoms with E-state index in [9.17, 15) is 9.50 Å². The average Bonchev–Trinajstić information content (AvgIpc) is 3.14. The van der Waals surface area contributed by atoms with Gasteiger partial charge in [0.1, 0.15) is 23.0 Å². The van der Waals surface area contributed by atoms with Gasteiger partial charge in [-0.15, -0.1) is 0 Å². The number of benzene rings is 2. The summed E-state index contributed by atoms with van der Waals surface area (Å²) in [6.07, 6.45) is 0. The molecule has 0 radical (unpaired) electrons. The molecule has 0 bridgehead atoms. The molecular formula is C17H11ClFN7O2. The van der Waals surface area contributed by atoms with Crippen LogP contribution < -0.4 is 11.2 Å². The molecule has 0 fully saturated rings. The lowest BCUT2D eigenvalue weighted by Crippen LogP contribution is -2.13. The molecule has 0 aliphatic rings. The van der Waals surface area contributed by atoms with Crippen LogP contribution in [0.15, 0.2) is 52.2 Å². The lowest BCUT2D eigenvalue weighted by atomic mass is 10.1. The fourth-order valence-electron chi connectivity index (χ4n) is 2.52. The Kier molecular flexibility index (Phi) is 4.45. The van der Waals surface area contributed by atoms with Crippen LogP contribution in [0.2, 0.25) is 5.02 Å². The molecule has 4 rings (SSSR count). The van der Waals surface area contributed by atoms with E-state index in [-0.39, 0.29) is 45.6 Å². The zero-order chi connectivity index (χ0) is 19.7. The Balaban J connectivity index is 1.88. The normalized spacial score (nSPS) is 11.7. The van der Waals surface area contributed by atoms with Gasteiger partial charge in [-0.25, -0.2) is 19.0 Å². The minimum absolute atomic E-state index is 0.0991. The molecule has 2 heterocycles. The number of fused-ring (bicyclic) bond motifs is 1. The van der Waals surface area contributed by atoms with Gasteiger partial charge in [0.25, 0.3) is 0 Å². The van der Waals surface area contributed by atoms with Crippen molar-refractivity contribution < 1.29 is 14.1 Å². The quantitative estimate of drug-likeness (QED) is 0.271. The Bertz CT molecular complexity index is 1190. The van der Waals surface area contributed by atoms with Crippen LogP contribution in [0.3, 0.4) is 0 Å². The van der Waals surface area contributed by atoms with Crippen LogP contribution >= 0.6 is 11.6 Å². The van der Waals surface area contributed by atoms with Crippen LogP contribution in [-0.4, -0.2) is 31.1 Å². The van der Waals surface area contributed by atoms with Gasteiger partial charge in [0.15, 0.2) is 5.82 Å². The minimum Gasteiger partial charge on any atom is -0.507 e. The number of hydrogen-bond acceptors (Lipinski definition) is 9. The zero-order valence-corrected chi connectivity index (χ0v) is 14.7. The molecule has 4 aromatic rings. The molecule has 2 aromatic carbocycles. The Morgan fingerprint density at radius 3 is 2.54 bits per heavy atom. The molecule has 0 saturated heterocycles. The predicted molar refractivity (Wildman–Crippen MR) is 100 cm³/mol. The molecule has 28 heavy (non-hydrogen) atoms. The topological polar surface area (TPSA) is 135 Å². The third-order valence-electron chi connectivity index (χ3n) is 3.79. The lowest BCUT2D eigenvalue weighted by molar-refractivity contribution is 0.314. The van der Waals surface area contributed by atoms with Crippen molar-refractivity contribution in [1.29, 1.82) is 0 Å². The first-order chi connectivity index (χ1) is 13.5. The van der Waals surface area contributed by atoms with E-state index in [4.69, 9.17) is 17.4 Å². The van der Waals surface area contributed by atoms with Gasteiger partial charge in [-0.2, -0.15) is 5.10 Å². The summed E-state index contributed by atoms with van der Waals surface area (Å²) >= 11 is 6.04. The largest absolute Gasteiger partial charge is 0.507 e. The molecule has 0 aliphatic heterocycles. The van der Waals surface area contributed by atoms with Gasteiger partial charge in [0.2, 0.25) is 11.3 Å². The number of halogens is 2. The zero-order valence-electron chi connectivity index (χ0n) is 14.0. The smallest absolute Gasteiger partial charge is 0.245 e. The molecule has 9 nitrogen and oxygen atoms in total. The van der Waals surface area contributed by atoms with Crippen molar-refractivity contribution in [3.05, 3.63) is 64.6 Å². The van der Waals surface area contributed by atoms with Crippen molar-refractivity contribution in [2.45, 2.75) is 0 Å². The fraction of sp³-hybridized carbons (Fsp3) is 0. The predicted octanol–water partition coefficient (Wildman–Crippen LogP) is 2.97. The van der Waals surface area contributed by atoms with Gasteiger partial charge >= 0.3 is 0 Å². The highest BCUT2D eigenvalue weighted by atomic mass is 35.5. The number of anilines is 2. The van der Waals surface area contributed by atoms with E-state index >= 15 is 0 Å². The molecule has 0 saturated carbocycles. The van der Waals surface area contributed by atoms with E-state index in [1.807, 2.05) is 0 Å². The van der Waals surface area contributed by atoms with Crippen molar-refractivity contribution in [1.82, 2.24) is 20.3 Å². The summed E-state index contributed by atoms with van der Waals surface area (Å²) in [5.74, 6) is 5.28. The van der Waals surface area contributed by atoms with Gasteiger partial charge in [-0.1, -0.05) is 11.6 Å². The number of rotatable bonds is 4. The first-order valence-electron chi connectivity index (χ1n) is 7.85. The van der Waals surface area contributed by atoms with E-state index in [1.54, 1.807) is 0 Å². The van der Waals surface area contributed by atoms with Crippen LogP contribution in [0.1, 0.15) is 11.3 Å². The summed E-state index contributed by atoms with van der Waals surface area (Å²) in [7, 11) is 0. The number of aromatic hydroxyl groups is 1. The molecule has 140 valence electrons. The number of aromatic nitrogens is 4. The minimum atomic E-state index is -0.388. The first-order valence-corrected chi connectivity index (χ1v) is 8.23. The standard InChI is InChI=1S/C17H11ClFN7O2/c18-8-1-6-12(27)11(7-8)13(24-20)14-15(21-10-4-2-9(19)3-5-10)23-17-16(22-14)25-28-26-17/h1-7,27H,20H2,(H,21,23,26). The summed E-state index contributed by atoms with van der Waals surface area (Å²) in [5.41, 5.74) is 1.28. The van der Waals surface area contributed by atoms with Gasteiger partial charge in [-0.05, 0) is 52.8 Å². The fourth-order valence-corrected chi connectivity index (χ4v) is 2.69. The number of phenols is 1. The van der Waals surface area contributed by atoms with Gasteiger partial charge in [0.05, 0.1) is 0 Å². The third kappa shape index (κ3) is 3.28. The van der Waals surface area contributed by atoms with Crippen molar-refractivity contribution in [3.63, 3.8) is 0 Å². The van der Waals surface area contributed by atoms with E-state index < -0.39 is 0 Å². The summed E-state index contributed by atoms with van der Waals surface area (Å²) < 4.78 is 17.9. The molecule has 0 unspecified atom stereocenters. The number of hydrogen-bond donors (Lipinski definition) is 3. The molecule has 0 amide bonds. The Labute approximate surface area is 161 Å². The Morgan fingerprint density at radius 2 is 1.82 bits per heavy atom. The molecule has 0 aliphatic carbocycles. The SMILES string of the molecule is NN=C(c1cc(Cl)ccc1O)c1nc2nonc2nc1Nc1ccc(F)cc1. The Morgan fingerprint density at radius 1 is 1.11 bits per heavy atom. The maximum Gasteiger partial charge on any atom is 0.245 e. The summed E-state index contributed by atoms with van der Waals surface area (Å²) in [5, 5.41) is 24.7. The van der Waals surface area contributed by atoms with Crippen LogP contribution in [0.4, 0.5) is 15.9 Å². The third-order valence-corrected chi connectivity index (χ3v) is 4.02. The number of nitrogens with one attached hydrogen (secondary N) is 1. The van der Waals surface area contributed by atoms with Crippen LogP contribution in [0.25, 0.3) is 11.3 Å². The first kappa shape index (κ1) is 17.6. The second-order valence-corrected chi connectivity index (χ2v) is 6.04. The highest BCUT2D eigenvalue weighted by molar-refractivity contribution is 6.31. The Hall–Kier alpha value is -3.79. The second kappa shape index (κ2) is 7.08. The highest BCUT2D eigenvalue weighted by Gasteiger charge is 2.21. The number of nitrogens with zero attached hydrogens (tertiary/aromatic N) is 5. The summed E-state index contributed by atoms with van der Waals surface area (Å²) in [6, 6.07) is 10.0. The average molecular weight is 400 g/mol. The van der Waals surface area contributed by atoms with E-state index in [1.165, 1.54) is 42.5 Å². The van der Waals surface area contributed by atoms with Gasteiger partial charge in [0, 0.05) is 16.3 Å². The van der Waals surface area contributed by atoms with Crippen molar-refractivity contribution in [2.24, 2.45) is 10.9 Å². The van der Waals surface area contributed by atoms with Crippen LogP contribution in [0.5, 0.6) is 5.75 Å². The molecular weight excluding hydrogens is 389 g/mol. The highest BCUT2D eigenvalue weighted by Crippen LogP contribution is 2.28. The molecule has 4 N–H and O–H groups in total. The number of nitrogens with two attached hydrogens (primary N) is 1. The molecule has 0 atom stereocenters. The lowest BCUT2D eigenvalue weighted by Gasteiger charge is -2.12. The molecule has 2 aromatic heterocycles. The maximum atomic E-state index is 13.2. The van der Waals surface area contributed by atoms with Gasteiger partial charge < -0.3 is 16.3 Å². The molecule has 0 spiro atoms. The monoisotopic (exact) mass is 399 g/mol. The van der Waals surface area contributed by atoms with E-state index in [2.05, 4.69) is 35.3 Å². The van der Waals surface area contributed by atoms with Crippen molar-refractivity contribution in [2.75, 3.05) is 5.32 Å². The van der Waals surface area contributed by atoms with E-state index in [0.29, 0.717) is 10.7 Å². The van der Waals surface area contributed by atoms with Crippen molar-refractivity contribution in [3.8, 4) is 5.75 Å². The molecule has 11 heteroatoms. The van der Waals surface area contributed by atoms with Crippen LogP contribution in [0, 0.1) is 5.82 Å². The second-order valence-electron chi connectivity index (χ2n) is 5.60. The number of phenolic OH excluding ortho intramolecular Hbond substituents is 1. The maximum absolute atomic E-state index is 13.2. The van der Waals surface area contributed by atoms with Crippen molar-refractivity contribution >= 4 is 40.1 Å². The van der Waals surface area contributed by atoms with Gasteiger partial charge in [-0.3, -0.25) is 0 Å². The summed E-state index contributed by atoms with van der Waals surface area (Å²) in [4.78, 5) is 8.65. The summed E-state index contributed by atoms with van der Waals surface area (Å²) in [6.45, 7) is 0. The van der Waals surface area contributed by atoms with Crippen LogP contribution in [-0.2, 0) is 0 Å². The number of hydrazone groups is 1.